The van der Waals surface area contributed by atoms with E-state index in [4.69, 9.17) is 29.6 Å². The minimum absolute atomic E-state index is 0.144. The van der Waals surface area contributed by atoms with Crippen molar-refractivity contribution in [1.82, 2.24) is 0 Å². The molecule has 0 spiro atoms. The highest BCUT2D eigenvalue weighted by Crippen LogP contribution is 2.04. The minimum Gasteiger partial charge on any atom is -0.481 e. The number of hydrogen-bond acceptors (Lipinski definition) is 5. The van der Waals surface area contributed by atoms with Crippen molar-refractivity contribution in [2.75, 3.05) is 27.7 Å². The topological polar surface area (TPSA) is 138 Å². The molecule has 9 nitrogen and oxygen atoms in total. The van der Waals surface area contributed by atoms with Gasteiger partial charge in [-0.15, -0.1) is 0 Å². The number of carboxylic acid groups (broad SMARTS) is 3. The standard InChI is InChI=1S/C9H17NO4.C2H2O4/c1-7(11)14-8(5-9(12)13)6-10(2,3)4;3-1(4)2(5)6/h8H,5-6H2,1-4H3;(H,3,4)(H,5,6)/p+1/t8-;/m1./s1. The summed E-state index contributed by atoms with van der Waals surface area (Å²) in [5.74, 6) is -5.04. The SMILES string of the molecule is CC(=O)O[C@H](CC(=O)O)C[N+](C)(C)C.O=C(O)C(=O)O. The highest BCUT2D eigenvalue weighted by Gasteiger charge is 2.23. The maximum Gasteiger partial charge on any atom is 0.414 e. The molecule has 0 amide bonds. The number of nitrogens with zero attached hydrogens (tertiary/aromatic N) is 1. The molecule has 0 saturated heterocycles. The number of carbonyl (C=O) groups excluding carboxylic acids is 1. The summed E-state index contributed by atoms with van der Waals surface area (Å²) >= 11 is 0. The smallest absolute Gasteiger partial charge is 0.414 e. The molecule has 0 unspecified atom stereocenters. The van der Waals surface area contributed by atoms with Crippen LogP contribution in [0, 0.1) is 0 Å². The number of quaternary nitrogens is 1. The Kier molecular flexibility index (Phi) is 8.93. The van der Waals surface area contributed by atoms with Crippen molar-refractivity contribution in [3.63, 3.8) is 0 Å². The Balaban J connectivity index is 0. The first-order valence-electron chi connectivity index (χ1n) is 5.51. The lowest BCUT2D eigenvalue weighted by Gasteiger charge is -2.28. The van der Waals surface area contributed by atoms with Gasteiger partial charge in [-0.05, 0) is 0 Å². The van der Waals surface area contributed by atoms with Crippen LogP contribution in [0.5, 0.6) is 0 Å². The van der Waals surface area contributed by atoms with Crippen molar-refractivity contribution < 1.29 is 43.7 Å². The Morgan fingerprint density at radius 2 is 1.40 bits per heavy atom. The molecule has 20 heavy (non-hydrogen) atoms. The largest absolute Gasteiger partial charge is 0.481 e. The lowest BCUT2D eigenvalue weighted by molar-refractivity contribution is -0.873. The molecule has 0 aliphatic rings. The second kappa shape index (κ2) is 8.86. The first kappa shape index (κ1) is 20.2. The highest BCUT2D eigenvalue weighted by atomic mass is 16.5. The zero-order valence-electron chi connectivity index (χ0n) is 11.8. The van der Waals surface area contributed by atoms with Crippen LogP contribution in [-0.4, -0.2) is 77.5 Å². The number of rotatable bonds is 5. The summed E-state index contributed by atoms with van der Waals surface area (Å²) in [5.41, 5.74) is 0. The molecule has 0 aromatic carbocycles. The third-order valence-corrected chi connectivity index (χ3v) is 1.67. The van der Waals surface area contributed by atoms with Crippen LogP contribution in [0.2, 0.25) is 0 Å². The van der Waals surface area contributed by atoms with Crippen LogP contribution in [0.1, 0.15) is 13.3 Å². The molecule has 0 saturated carbocycles. The quantitative estimate of drug-likeness (QED) is 0.342. The molecule has 0 radical (unpaired) electrons. The van der Waals surface area contributed by atoms with E-state index in [9.17, 15) is 9.59 Å². The van der Waals surface area contributed by atoms with Gasteiger partial charge in [0.2, 0.25) is 0 Å². The van der Waals surface area contributed by atoms with Crippen LogP contribution in [0.3, 0.4) is 0 Å². The number of ether oxygens (including phenoxy) is 1. The summed E-state index contributed by atoms with van der Waals surface area (Å²) in [6, 6.07) is 0. The number of likely N-dealkylation sites (N-methyl/N-ethyl adjacent to an activating group) is 1. The normalized spacial score (nSPS) is 11.6. The van der Waals surface area contributed by atoms with Crippen LogP contribution in [0.15, 0.2) is 0 Å². The molecule has 0 fully saturated rings. The van der Waals surface area contributed by atoms with Gasteiger partial charge >= 0.3 is 23.9 Å². The highest BCUT2D eigenvalue weighted by molar-refractivity contribution is 6.27. The van der Waals surface area contributed by atoms with Gasteiger partial charge in [-0.2, -0.15) is 0 Å². The molecule has 0 heterocycles. The molecule has 0 aliphatic carbocycles. The van der Waals surface area contributed by atoms with Crippen molar-refractivity contribution >= 4 is 23.9 Å². The Morgan fingerprint density at radius 1 is 1.00 bits per heavy atom. The lowest BCUT2D eigenvalue weighted by Crippen LogP contribution is -2.43. The summed E-state index contributed by atoms with van der Waals surface area (Å²) < 4.78 is 5.46. The second-order valence-electron chi connectivity index (χ2n) is 4.91. The maximum atomic E-state index is 10.7. The molecule has 3 N–H and O–H groups in total. The van der Waals surface area contributed by atoms with Gasteiger partial charge in [-0.1, -0.05) is 0 Å². The molecule has 0 aliphatic heterocycles. The molecule has 116 valence electrons. The molecule has 0 aromatic heterocycles. The Hall–Kier alpha value is -2.16. The van der Waals surface area contributed by atoms with Gasteiger partial charge in [0.05, 0.1) is 27.6 Å². The van der Waals surface area contributed by atoms with Crippen LogP contribution < -0.4 is 0 Å². The molecular weight excluding hydrogens is 274 g/mol. The average Bonchev–Trinajstić information content (AvgIpc) is 2.12. The van der Waals surface area contributed by atoms with Gasteiger partial charge in [-0.3, -0.25) is 9.59 Å². The van der Waals surface area contributed by atoms with E-state index in [1.54, 1.807) is 0 Å². The van der Waals surface area contributed by atoms with Gasteiger partial charge in [0.1, 0.15) is 6.54 Å². The van der Waals surface area contributed by atoms with E-state index >= 15 is 0 Å². The number of hydrogen-bond donors (Lipinski definition) is 3. The van der Waals surface area contributed by atoms with Crippen molar-refractivity contribution in [3.05, 3.63) is 0 Å². The summed E-state index contributed by atoms with van der Waals surface area (Å²) in [5, 5.41) is 23.4. The molecular formula is C11H20NO8+. The van der Waals surface area contributed by atoms with Gasteiger partial charge in [0.25, 0.3) is 0 Å². The monoisotopic (exact) mass is 294 g/mol. The molecule has 0 aromatic rings. The van der Waals surface area contributed by atoms with Crippen LogP contribution >= 0.6 is 0 Å². The van der Waals surface area contributed by atoms with Crippen molar-refractivity contribution in [3.8, 4) is 0 Å². The zero-order valence-corrected chi connectivity index (χ0v) is 11.8. The van der Waals surface area contributed by atoms with E-state index in [0.29, 0.717) is 11.0 Å². The number of aliphatic carboxylic acids is 3. The van der Waals surface area contributed by atoms with E-state index in [1.807, 2.05) is 21.1 Å². The van der Waals surface area contributed by atoms with Crippen molar-refractivity contribution in [2.24, 2.45) is 0 Å². The summed E-state index contributed by atoms with van der Waals surface area (Å²) in [6.07, 6.45) is -0.695. The number of esters is 1. The Morgan fingerprint density at radius 3 is 1.60 bits per heavy atom. The maximum absolute atomic E-state index is 10.7. The fourth-order valence-electron chi connectivity index (χ4n) is 1.18. The fraction of sp³-hybridized carbons (Fsp3) is 0.636. The van der Waals surface area contributed by atoms with Crippen LogP contribution in [-0.2, 0) is 23.9 Å². The van der Waals surface area contributed by atoms with Gasteiger partial charge in [0, 0.05) is 6.92 Å². The summed E-state index contributed by atoms with van der Waals surface area (Å²) in [7, 11) is 5.75. The summed E-state index contributed by atoms with van der Waals surface area (Å²) in [6.45, 7) is 1.77. The van der Waals surface area contributed by atoms with Gasteiger partial charge in [-0.25, -0.2) is 9.59 Å². The Bertz CT molecular complexity index is 343. The van der Waals surface area contributed by atoms with Crippen LogP contribution in [0.4, 0.5) is 0 Å². The first-order valence-corrected chi connectivity index (χ1v) is 5.51. The second-order valence-corrected chi connectivity index (χ2v) is 4.91. The van der Waals surface area contributed by atoms with E-state index in [0.717, 1.165) is 0 Å². The third kappa shape index (κ3) is 15.8. The predicted octanol–water partition coefficient (Wildman–Crippen LogP) is -0.745. The van der Waals surface area contributed by atoms with E-state index in [-0.39, 0.29) is 6.42 Å². The minimum atomic E-state index is -1.82. The predicted molar refractivity (Wildman–Crippen MR) is 66.0 cm³/mol. The molecule has 0 rings (SSSR count). The van der Waals surface area contributed by atoms with Crippen molar-refractivity contribution in [2.45, 2.75) is 19.4 Å². The van der Waals surface area contributed by atoms with Gasteiger partial charge in [0.15, 0.2) is 6.10 Å². The van der Waals surface area contributed by atoms with Crippen LogP contribution in [0.25, 0.3) is 0 Å². The average molecular weight is 294 g/mol. The zero-order chi connectivity index (χ0) is 16.5. The Labute approximate surface area is 116 Å². The molecule has 1 atom stereocenters. The first-order chi connectivity index (χ1) is 8.85. The molecule has 9 heteroatoms. The van der Waals surface area contributed by atoms with Crippen molar-refractivity contribution in [1.29, 1.82) is 0 Å². The third-order valence-electron chi connectivity index (χ3n) is 1.67. The molecule has 0 bridgehead atoms. The van der Waals surface area contributed by atoms with E-state index in [1.165, 1.54) is 6.92 Å². The van der Waals surface area contributed by atoms with Gasteiger partial charge < -0.3 is 24.5 Å². The fourth-order valence-corrected chi connectivity index (χ4v) is 1.18. The van der Waals surface area contributed by atoms with E-state index < -0.39 is 30.0 Å². The summed E-state index contributed by atoms with van der Waals surface area (Å²) in [4.78, 5) is 39.4. The van der Waals surface area contributed by atoms with E-state index in [2.05, 4.69) is 0 Å². The number of carbonyl (C=O) groups is 4. The number of carboxylic acids is 3. The lowest BCUT2D eigenvalue weighted by atomic mass is 10.2.